The fourth-order valence-electron chi connectivity index (χ4n) is 3.91. The maximum absolute atomic E-state index is 13.1. The smallest absolute Gasteiger partial charge is 0.327 e. The predicted molar refractivity (Wildman–Crippen MR) is 110 cm³/mol. The van der Waals surface area contributed by atoms with Crippen LogP contribution in [0.4, 0.5) is 0 Å². The molecule has 0 bridgehead atoms. The van der Waals surface area contributed by atoms with Gasteiger partial charge in [0.2, 0.25) is 10.0 Å². The Morgan fingerprint density at radius 2 is 1.82 bits per heavy atom. The van der Waals surface area contributed by atoms with E-state index in [9.17, 15) is 13.2 Å². The summed E-state index contributed by atoms with van der Waals surface area (Å²) < 4.78 is 40.5. The Bertz CT molecular complexity index is 1160. The molecule has 0 aliphatic heterocycles. The normalized spacial score (nSPS) is 17.1. The van der Waals surface area contributed by atoms with E-state index < -0.39 is 21.5 Å². The molecule has 3 aromatic rings. The number of halogens is 1. The number of sulfonamides is 1. The molecule has 1 aromatic heterocycles. The van der Waals surface area contributed by atoms with Gasteiger partial charge >= 0.3 is 5.97 Å². The zero-order valence-electron chi connectivity index (χ0n) is 15.3. The van der Waals surface area contributed by atoms with Crippen LogP contribution in [-0.2, 0) is 19.6 Å². The standard InChI is InChI=1S/C20H20BrNO5S/c1-26-19(23)20(9-3-2-4-10-20)22-28(24,25)14-6-8-17-16(12-14)15-7-5-13(21)11-18(15)27-17/h5-8,11-12,22H,2-4,9-10H2,1H3. The zero-order chi connectivity index (χ0) is 19.9. The van der Waals surface area contributed by atoms with Crippen molar-refractivity contribution in [1.29, 1.82) is 0 Å². The summed E-state index contributed by atoms with van der Waals surface area (Å²) in [5.74, 6) is -0.532. The molecule has 1 aliphatic rings. The average Bonchev–Trinajstić information content (AvgIpc) is 3.04. The highest BCUT2D eigenvalue weighted by Gasteiger charge is 2.44. The van der Waals surface area contributed by atoms with Gasteiger partial charge in [-0.2, -0.15) is 4.72 Å². The van der Waals surface area contributed by atoms with E-state index in [1.807, 2.05) is 18.2 Å². The minimum absolute atomic E-state index is 0.0967. The number of ether oxygens (including phenoxy) is 1. The number of esters is 1. The largest absolute Gasteiger partial charge is 0.468 e. The molecule has 6 nitrogen and oxygen atoms in total. The van der Waals surface area contributed by atoms with Crippen molar-refractivity contribution in [2.24, 2.45) is 0 Å². The van der Waals surface area contributed by atoms with Crippen molar-refractivity contribution in [1.82, 2.24) is 4.72 Å². The first kappa shape index (κ1) is 19.4. The predicted octanol–water partition coefficient (Wildman–Crippen LogP) is 4.50. The van der Waals surface area contributed by atoms with Crippen molar-refractivity contribution in [3.8, 4) is 0 Å². The summed E-state index contributed by atoms with van der Waals surface area (Å²) in [4.78, 5) is 12.5. The van der Waals surface area contributed by atoms with E-state index in [0.29, 0.717) is 29.4 Å². The Morgan fingerprint density at radius 1 is 1.07 bits per heavy atom. The van der Waals surface area contributed by atoms with Gasteiger partial charge in [-0.3, -0.25) is 4.79 Å². The van der Waals surface area contributed by atoms with Crippen LogP contribution in [-0.4, -0.2) is 27.0 Å². The molecule has 0 amide bonds. The van der Waals surface area contributed by atoms with Crippen LogP contribution in [0.1, 0.15) is 32.1 Å². The lowest BCUT2D eigenvalue weighted by molar-refractivity contribution is -0.149. The molecule has 1 heterocycles. The number of furan rings is 1. The Labute approximate surface area is 171 Å². The van der Waals surface area contributed by atoms with Crippen molar-refractivity contribution in [3.63, 3.8) is 0 Å². The van der Waals surface area contributed by atoms with Crippen LogP contribution in [0.5, 0.6) is 0 Å². The van der Waals surface area contributed by atoms with Gasteiger partial charge in [0, 0.05) is 15.2 Å². The minimum atomic E-state index is -3.92. The third-order valence-corrected chi connectivity index (χ3v) is 7.36. The van der Waals surface area contributed by atoms with Gasteiger partial charge in [0.05, 0.1) is 12.0 Å². The number of fused-ring (bicyclic) bond motifs is 3. The van der Waals surface area contributed by atoms with Gasteiger partial charge in [0.1, 0.15) is 16.7 Å². The van der Waals surface area contributed by atoms with E-state index in [1.165, 1.54) is 13.2 Å². The van der Waals surface area contributed by atoms with Gasteiger partial charge in [-0.25, -0.2) is 8.42 Å². The lowest BCUT2D eigenvalue weighted by Gasteiger charge is -2.34. The maximum Gasteiger partial charge on any atom is 0.327 e. The summed E-state index contributed by atoms with van der Waals surface area (Å²) in [5, 5.41) is 1.54. The van der Waals surface area contributed by atoms with Crippen LogP contribution in [0.3, 0.4) is 0 Å². The Balaban J connectivity index is 1.77. The average molecular weight is 466 g/mol. The molecule has 0 spiro atoms. The van der Waals surface area contributed by atoms with E-state index in [2.05, 4.69) is 20.7 Å². The Kier molecular flexibility index (Phi) is 4.97. The van der Waals surface area contributed by atoms with Crippen LogP contribution in [0, 0.1) is 0 Å². The molecule has 0 unspecified atom stereocenters. The second kappa shape index (κ2) is 7.17. The third-order valence-electron chi connectivity index (χ3n) is 5.33. The fourth-order valence-corrected chi connectivity index (χ4v) is 5.69. The second-order valence-corrected chi connectivity index (χ2v) is 9.74. The van der Waals surface area contributed by atoms with E-state index in [4.69, 9.17) is 9.15 Å². The first-order valence-corrected chi connectivity index (χ1v) is 11.4. The van der Waals surface area contributed by atoms with Crippen LogP contribution >= 0.6 is 15.9 Å². The zero-order valence-corrected chi connectivity index (χ0v) is 17.7. The molecular weight excluding hydrogens is 446 g/mol. The number of hydrogen-bond acceptors (Lipinski definition) is 5. The number of benzene rings is 2. The van der Waals surface area contributed by atoms with Gasteiger partial charge in [-0.15, -0.1) is 0 Å². The molecule has 0 saturated heterocycles. The van der Waals surface area contributed by atoms with Gasteiger partial charge < -0.3 is 9.15 Å². The number of hydrogen-bond donors (Lipinski definition) is 1. The highest BCUT2D eigenvalue weighted by Crippen LogP contribution is 2.34. The highest BCUT2D eigenvalue weighted by atomic mass is 79.9. The first-order valence-electron chi connectivity index (χ1n) is 9.09. The number of methoxy groups -OCH3 is 1. The van der Waals surface area contributed by atoms with Crippen LogP contribution in [0.25, 0.3) is 21.9 Å². The molecule has 1 saturated carbocycles. The third kappa shape index (κ3) is 3.33. The van der Waals surface area contributed by atoms with E-state index in [-0.39, 0.29) is 4.90 Å². The van der Waals surface area contributed by atoms with Crippen molar-refractivity contribution in [3.05, 3.63) is 40.9 Å². The number of carbonyl (C=O) groups is 1. The summed E-state index contributed by atoms with van der Waals surface area (Å²) in [6.07, 6.45) is 3.40. The van der Waals surface area contributed by atoms with Crippen LogP contribution < -0.4 is 4.72 Å². The van der Waals surface area contributed by atoms with Crippen LogP contribution in [0.2, 0.25) is 0 Å². The summed E-state index contributed by atoms with van der Waals surface area (Å²) in [7, 11) is -2.63. The molecular formula is C20H20BrNO5S. The Hall–Kier alpha value is -1.90. The second-order valence-electron chi connectivity index (χ2n) is 7.14. The van der Waals surface area contributed by atoms with Gasteiger partial charge in [-0.1, -0.05) is 35.2 Å². The molecule has 0 radical (unpaired) electrons. The molecule has 1 N–H and O–H groups in total. The number of rotatable bonds is 4. The van der Waals surface area contributed by atoms with Crippen molar-refractivity contribution < 1.29 is 22.4 Å². The topological polar surface area (TPSA) is 85.6 Å². The quantitative estimate of drug-likeness (QED) is 0.573. The SMILES string of the molecule is COC(=O)C1(NS(=O)(=O)c2ccc3oc4cc(Br)ccc4c3c2)CCCCC1. The summed E-state index contributed by atoms with van der Waals surface area (Å²) >= 11 is 3.41. The summed E-state index contributed by atoms with van der Waals surface area (Å²) in [6.45, 7) is 0. The van der Waals surface area contributed by atoms with Gasteiger partial charge in [-0.05, 0) is 49.2 Å². The molecule has 28 heavy (non-hydrogen) atoms. The molecule has 1 fully saturated rings. The maximum atomic E-state index is 13.1. The van der Waals surface area contributed by atoms with E-state index in [1.54, 1.807) is 12.1 Å². The number of nitrogens with one attached hydrogen (secondary N) is 1. The highest BCUT2D eigenvalue weighted by molar-refractivity contribution is 9.10. The van der Waals surface area contributed by atoms with Gasteiger partial charge in [0.25, 0.3) is 0 Å². The lowest BCUT2D eigenvalue weighted by atomic mass is 9.83. The molecule has 0 atom stereocenters. The van der Waals surface area contributed by atoms with Crippen molar-refractivity contribution >= 4 is 53.9 Å². The molecule has 1 aliphatic carbocycles. The van der Waals surface area contributed by atoms with Gasteiger partial charge in [0.15, 0.2) is 0 Å². The molecule has 2 aromatic carbocycles. The summed E-state index contributed by atoms with van der Waals surface area (Å²) in [6, 6.07) is 10.3. The first-order chi connectivity index (χ1) is 13.3. The molecule has 148 valence electrons. The monoisotopic (exact) mass is 465 g/mol. The lowest BCUT2D eigenvalue weighted by Crippen LogP contribution is -2.55. The molecule has 8 heteroatoms. The van der Waals surface area contributed by atoms with E-state index in [0.717, 1.165) is 29.1 Å². The summed E-state index contributed by atoms with van der Waals surface area (Å²) in [5.41, 5.74) is 0.0713. The van der Waals surface area contributed by atoms with Crippen molar-refractivity contribution in [2.75, 3.05) is 7.11 Å². The Morgan fingerprint density at radius 3 is 2.54 bits per heavy atom. The van der Waals surface area contributed by atoms with Crippen LogP contribution in [0.15, 0.2) is 50.2 Å². The van der Waals surface area contributed by atoms with Crippen molar-refractivity contribution in [2.45, 2.75) is 42.5 Å². The minimum Gasteiger partial charge on any atom is -0.468 e. The fraction of sp³-hybridized carbons (Fsp3) is 0.350. The number of carbonyl (C=O) groups excluding carboxylic acids is 1. The molecule has 4 rings (SSSR count). The van der Waals surface area contributed by atoms with E-state index >= 15 is 0 Å².